The summed E-state index contributed by atoms with van der Waals surface area (Å²) in [5.41, 5.74) is 0.653. The number of ether oxygens (including phenoxy) is 3. The molecular weight excluding hydrogens is 450 g/mol. The summed E-state index contributed by atoms with van der Waals surface area (Å²) >= 11 is 0. The SMILES string of the molecule is CCCCCCCCOCC(Cn1cc(CCC(=O)OCCO)nn1)OC(=O)CCCCCCC. The van der Waals surface area contributed by atoms with Gasteiger partial charge in [0.2, 0.25) is 0 Å². The van der Waals surface area contributed by atoms with Gasteiger partial charge in [0, 0.05) is 25.6 Å². The van der Waals surface area contributed by atoms with E-state index in [0.717, 1.165) is 32.1 Å². The van der Waals surface area contributed by atoms with Gasteiger partial charge in [0.1, 0.15) is 12.7 Å². The third-order valence-corrected chi connectivity index (χ3v) is 5.64. The molecule has 0 saturated heterocycles. The smallest absolute Gasteiger partial charge is 0.306 e. The lowest BCUT2D eigenvalue weighted by molar-refractivity contribution is -0.153. The van der Waals surface area contributed by atoms with Crippen LogP contribution in [0.15, 0.2) is 6.20 Å². The molecule has 1 rings (SSSR count). The van der Waals surface area contributed by atoms with Crippen molar-refractivity contribution < 1.29 is 28.9 Å². The Bertz CT molecular complexity index is 667. The van der Waals surface area contributed by atoms with Gasteiger partial charge in [0.05, 0.1) is 31.9 Å². The second-order valence-electron chi connectivity index (χ2n) is 8.99. The molecule has 0 saturated carbocycles. The quantitative estimate of drug-likeness (QED) is 0.175. The number of unbranched alkanes of at least 4 members (excludes halogenated alkanes) is 9. The number of carbonyl (C=O) groups is 2. The maximum Gasteiger partial charge on any atom is 0.306 e. The highest BCUT2D eigenvalue weighted by molar-refractivity contribution is 5.69. The van der Waals surface area contributed by atoms with Gasteiger partial charge in [0.25, 0.3) is 0 Å². The van der Waals surface area contributed by atoms with Crippen LogP contribution in [0.3, 0.4) is 0 Å². The Balaban J connectivity index is 2.48. The summed E-state index contributed by atoms with van der Waals surface area (Å²) in [6.45, 7) is 5.50. The van der Waals surface area contributed by atoms with E-state index in [1.165, 1.54) is 38.5 Å². The van der Waals surface area contributed by atoms with E-state index in [9.17, 15) is 9.59 Å². The number of esters is 2. The zero-order valence-corrected chi connectivity index (χ0v) is 21.9. The number of aryl methyl sites for hydroxylation is 1. The van der Waals surface area contributed by atoms with Crippen molar-refractivity contribution >= 4 is 11.9 Å². The lowest BCUT2D eigenvalue weighted by Gasteiger charge is -2.18. The zero-order valence-electron chi connectivity index (χ0n) is 21.9. The van der Waals surface area contributed by atoms with Gasteiger partial charge in [-0.15, -0.1) is 5.10 Å². The first-order valence-corrected chi connectivity index (χ1v) is 13.5. The minimum atomic E-state index is -0.442. The van der Waals surface area contributed by atoms with Crippen LogP contribution < -0.4 is 0 Å². The van der Waals surface area contributed by atoms with Crippen molar-refractivity contribution in [2.24, 2.45) is 0 Å². The lowest BCUT2D eigenvalue weighted by Crippen LogP contribution is -2.29. The molecule has 0 aliphatic heterocycles. The average Bonchev–Trinajstić information content (AvgIpc) is 3.30. The van der Waals surface area contributed by atoms with Gasteiger partial charge in [-0.3, -0.25) is 9.59 Å². The molecule has 9 heteroatoms. The molecule has 0 spiro atoms. The van der Waals surface area contributed by atoms with Crippen molar-refractivity contribution in [2.75, 3.05) is 26.4 Å². The van der Waals surface area contributed by atoms with E-state index in [1.54, 1.807) is 10.9 Å². The summed E-state index contributed by atoms with van der Waals surface area (Å²) in [6, 6.07) is 0. The van der Waals surface area contributed by atoms with Crippen molar-refractivity contribution in [2.45, 2.75) is 116 Å². The molecule has 1 unspecified atom stereocenters. The van der Waals surface area contributed by atoms with E-state index in [-0.39, 0.29) is 31.6 Å². The summed E-state index contributed by atoms with van der Waals surface area (Å²) < 4.78 is 18.0. The standard InChI is InChI=1S/C26H47N3O6/c1-3-5-7-9-11-13-18-33-22-24(35-26(32)14-12-10-8-6-4-2)21-29-20-23(27-28-29)15-16-25(31)34-19-17-30/h20,24,30H,3-19,21-22H2,1-2H3. The highest BCUT2D eigenvalue weighted by atomic mass is 16.6. The number of rotatable bonds is 23. The predicted octanol–water partition coefficient (Wildman–Crippen LogP) is 4.40. The molecule has 0 aliphatic carbocycles. The molecular formula is C26H47N3O6. The molecule has 1 atom stereocenters. The van der Waals surface area contributed by atoms with Crippen LogP contribution in [0, 0.1) is 0 Å². The van der Waals surface area contributed by atoms with E-state index in [0.29, 0.717) is 38.3 Å². The molecule has 35 heavy (non-hydrogen) atoms. The van der Waals surface area contributed by atoms with Crippen LogP contribution in [0.2, 0.25) is 0 Å². The number of aliphatic hydroxyl groups excluding tert-OH is 1. The van der Waals surface area contributed by atoms with Crippen molar-refractivity contribution in [1.29, 1.82) is 0 Å². The summed E-state index contributed by atoms with van der Waals surface area (Å²) in [5, 5.41) is 16.9. The Morgan fingerprint density at radius 2 is 1.60 bits per heavy atom. The third kappa shape index (κ3) is 17.1. The number of hydrogen-bond donors (Lipinski definition) is 1. The fourth-order valence-electron chi connectivity index (χ4n) is 3.65. The highest BCUT2D eigenvalue weighted by Crippen LogP contribution is 2.10. The van der Waals surface area contributed by atoms with E-state index >= 15 is 0 Å². The van der Waals surface area contributed by atoms with Crippen LogP contribution in [-0.4, -0.2) is 64.6 Å². The summed E-state index contributed by atoms with van der Waals surface area (Å²) in [6.07, 6.45) is 14.8. The first kappa shape index (κ1) is 31.0. The fourth-order valence-corrected chi connectivity index (χ4v) is 3.65. The van der Waals surface area contributed by atoms with Crippen LogP contribution in [-0.2, 0) is 36.8 Å². The van der Waals surface area contributed by atoms with Gasteiger partial charge in [0.15, 0.2) is 0 Å². The summed E-state index contributed by atoms with van der Waals surface area (Å²) in [4.78, 5) is 24.0. The molecule has 0 aromatic carbocycles. The van der Waals surface area contributed by atoms with E-state index in [1.807, 2.05) is 0 Å². The van der Waals surface area contributed by atoms with Crippen molar-refractivity contribution in [3.05, 3.63) is 11.9 Å². The highest BCUT2D eigenvalue weighted by Gasteiger charge is 2.17. The molecule has 0 fully saturated rings. The summed E-state index contributed by atoms with van der Waals surface area (Å²) in [5.74, 6) is -0.593. The van der Waals surface area contributed by atoms with Crippen LogP contribution in [0.25, 0.3) is 0 Å². The molecule has 0 radical (unpaired) electrons. The maximum atomic E-state index is 12.4. The van der Waals surface area contributed by atoms with Crippen molar-refractivity contribution in [3.8, 4) is 0 Å². The van der Waals surface area contributed by atoms with Gasteiger partial charge in [-0.1, -0.05) is 76.8 Å². The second-order valence-corrected chi connectivity index (χ2v) is 8.99. The fraction of sp³-hybridized carbons (Fsp3) is 0.846. The van der Waals surface area contributed by atoms with Crippen LogP contribution in [0.4, 0.5) is 0 Å². The maximum absolute atomic E-state index is 12.4. The Labute approximate surface area is 210 Å². The Morgan fingerprint density at radius 1 is 0.914 bits per heavy atom. The van der Waals surface area contributed by atoms with Gasteiger partial charge < -0.3 is 19.3 Å². The van der Waals surface area contributed by atoms with Crippen molar-refractivity contribution in [3.63, 3.8) is 0 Å². The second kappa shape index (κ2) is 21.3. The zero-order chi connectivity index (χ0) is 25.6. The molecule has 0 aliphatic rings. The van der Waals surface area contributed by atoms with E-state index in [2.05, 4.69) is 24.2 Å². The van der Waals surface area contributed by atoms with Gasteiger partial charge >= 0.3 is 11.9 Å². The number of carbonyl (C=O) groups excluding carboxylic acids is 2. The van der Waals surface area contributed by atoms with Crippen LogP contribution in [0.5, 0.6) is 0 Å². The molecule has 202 valence electrons. The topological polar surface area (TPSA) is 113 Å². The molecule has 1 N–H and O–H groups in total. The minimum absolute atomic E-state index is 0.00405. The normalized spacial score (nSPS) is 12.0. The molecule has 1 aromatic rings. The predicted molar refractivity (Wildman–Crippen MR) is 134 cm³/mol. The van der Waals surface area contributed by atoms with Gasteiger partial charge in [-0.2, -0.15) is 0 Å². The molecule has 9 nitrogen and oxygen atoms in total. The molecule has 0 amide bonds. The van der Waals surface area contributed by atoms with Gasteiger partial charge in [-0.05, 0) is 12.8 Å². The minimum Gasteiger partial charge on any atom is -0.463 e. The number of aliphatic hydroxyl groups is 1. The largest absolute Gasteiger partial charge is 0.463 e. The molecule has 0 bridgehead atoms. The monoisotopic (exact) mass is 497 g/mol. The first-order chi connectivity index (χ1) is 17.1. The molecule has 1 aromatic heterocycles. The van der Waals surface area contributed by atoms with Crippen LogP contribution in [0.1, 0.15) is 103 Å². The molecule has 1 heterocycles. The Kier molecular flexibility index (Phi) is 18.9. The van der Waals surface area contributed by atoms with Crippen molar-refractivity contribution in [1.82, 2.24) is 15.0 Å². The number of nitrogens with zero attached hydrogens (tertiary/aromatic N) is 3. The first-order valence-electron chi connectivity index (χ1n) is 13.5. The van der Waals surface area contributed by atoms with Crippen LogP contribution >= 0.6 is 0 Å². The summed E-state index contributed by atoms with van der Waals surface area (Å²) in [7, 11) is 0. The number of hydrogen-bond acceptors (Lipinski definition) is 8. The Morgan fingerprint density at radius 3 is 2.31 bits per heavy atom. The number of aromatic nitrogens is 3. The van der Waals surface area contributed by atoms with Gasteiger partial charge in [-0.25, -0.2) is 4.68 Å². The third-order valence-electron chi connectivity index (χ3n) is 5.64. The average molecular weight is 498 g/mol. The lowest BCUT2D eigenvalue weighted by atomic mass is 10.1. The Hall–Kier alpha value is -2.00. The van der Waals surface area contributed by atoms with E-state index in [4.69, 9.17) is 19.3 Å². The van der Waals surface area contributed by atoms with E-state index < -0.39 is 6.10 Å².